The molecule has 1 aliphatic heterocycles. The number of nitrogens with zero attached hydrogens (tertiary/aromatic N) is 1. The molecule has 0 saturated carbocycles. The third-order valence-electron chi connectivity index (χ3n) is 4.28. The molecule has 2 unspecified atom stereocenters. The lowest BCUT2D eigenvalue weighted by Gasteiger charge is -2.10. The highest BCUT2D eigenvalue weighted by Crippen LogP contribution is 2.25. The van der Waals surface area contributed by atoms with Crippen LogP contribution in [0, 0.1) is 10.1 Å². The number of nitro benzene ring substituents is 1. The summed E-state index contributed by atoms with van der Waals surface area (Å²) in [5.41, 5.74) is 7.81. The number of benzene rings is 2. The van der Waals surface area contributed by atoms with Crippen LogP contribution in [-0.4, -0.2) is 16.9 Å². The summed E-state index contributed by atoms with van der Waals surface area (Å²) in [4.78, 5) is 22.6. The van der Waals surface area contributed by atoms with E-state index in [1.165, 1.54) is 17.7 Å². The highest BCUT2D eigenvalue weighted by molar-refractivity contribution is 5.93. The van der Waals surface area contributed by atoms with E-state index in [-0.39, 0.29) is 29.4 Å². The molecule has 1 saturated heterocycles. The normalized spacial score (nSPS) is 19.5. The lowest BCUT2D eigenvalue weighted by Crippen LogP contribution is -2.31. The van der Waals surface area contributed by atoms with E-state index in [0.717, 1.165) is 6.42 Å². The van der Waals surface area contributed by atoms with Gasteiger partial charge in [-0.15, -0.1) is 0 Å². The van der Waals surface area contributed by atoms with Crippen molar-refractivity contribution in [3.8, 4) is 0 Å². The van der Waals surface area contributed by atoms with E-state index in [9.17, 15) is 14.9 Å². The van der Waals surface area contributed by atoms with E-state index < -0.39 is 4.92 Å². The Kier molecular flexibility index (Phi) is 5.37. The van der Waals surface area contributed by atoms with Gasteiger partial charge in [0.15, 0.2) is 0 Å². The standard InChI is InChI=1S/C18H20N4O3/c23-18(19-15-8-4-5-9-17(15)22(24)25)11-10-14-12-16(21-20-14)13-6-2-1-3-7-13/h1-9,14,16,20-21H,10-12H2,(H,19,23). The van der Waals surface area contributed by atoms with Gasteiger partial charge >= 0.3 is 0 Å². The molecule has 1 amide bonds. The Balaban J connectivity index is 1.50. The second-order valence-corrected chi connectivity index (χ2v) is 6.05. The van der Waals surface area contributed by atoms with E-state index in [0.29, 0.717) is 12.8 Å². The fraction of sp³-hybridized carbons (Fsp3) is 0.278. The number of hydrogen-bond acceptors (Lipinski definition) is 5. The molecule has 7 nitrogen and oxygen atoms in total. The maximum atomic E-state index is 12.1. The van der Waals surface area contributed by atoms with Crippen LogP contribution in [0.1, 0.15) is 30.9 Å². The van der Waals surface area contributed by atoms with Crippen molar-refractivity contribution in [1.29, 1.82) is 0 Å². The van der Waals surface area contributed by atoms with Crippen molar-refractivity contribution in [2.75, 3.05) is 5.32 Å². The number of anilines is 1. The minimum Gasteiger partial charge on any atom is -0.320 e. The maximum absolute atomic E-state index is 12.1. The van der Waals surface area contributed by atoms with Crippen LogP contribution in [0.25, 0.3) is 0 Å². The predicted molar refractivity (Wildman–Crippen MR) is 94.8 cm³/mol. The van der Waals surface area contributed by atoms with Gasteiger partial charge < -0.3 is 5.32 Å². The van der Waals surface area contributed by atoms with Gasteiger partial charge in [0, 0.05) is 24.6 Å². The van der Waals surface area contributed by atoms with Gasteiger partial charge in [-0.2, -0.15) is 0 Å². The molecule has 7 heteroatoms. The van der Waals surface area contributed by atoms with Crippen LogP contribution in [0.4, 0.5) is 11.4 Å². The second-order valence-electron chi connectivity index (χ2n) is 6.05. The molecule has 2 aromatic rings. The molecule has 0 bridgehead atoms. The Bertz CT molecular complexity index is 751. The molecule has 0 radical (unpaired) electrons. The van der Waals surface area contributed by atoms with Gasteiger partial charge in [-0.3, -0.25) is 25.8 Å². The third-order valence-corrected chi connectivity index (χ3v) is 4.28. The Labute approximate surface area is 145 Å². The Morgan fingerprint density at radius 1 is 1.12 bits per heavy atom. The largest absolute Gasteiger partial charge is 0.320 e. The lowest BCUT2D eigenvalue weighted by atomic mass is 10.00. The molecule has 2 aromatic carbocycles. The number of hydrazine groups is 1. The van der Waals surface area contributed by atoms with Crippen molar-refractivity contribution in [3.05, 3.63) is 70.3 Å². The van der Waals surface area contributed by atoms with Gasteiger partial charge in [-0.25, -0.2) is 0 Å². The predicted octanol–water partition coefficient (Wildman–Crippen LogP) is 2.92. The van der Waals surface area contributed by atoms with Crippen molar-refractivity contribution in [3.63, 3.8) is 0 Å². The first kappa shape index (κ1) is 17.1. The zero-order chi connectivity index (χ0) is 17.6. The van der Waals surface area contributed by atoms with Crippen LogP contribution < -0.4 is 16.2 Å². The maximum Gasteiger partial charge on any atom is 0.292 e. The lowest BCUT2D eigenvalue weighted by molar-refractivity contribution is -0.383. The fourth-order valence-electron chi connectivity index (χ4n) is 2.97. The molecule has 0 spiro atoms. The molecular weight excluding hydrogens is 320 g/mol. The molecule has 1 heterocycles. The molecule has 3 N–H and O–H groups in total. The van der Waals surface area contributed by atoms with Crippen LogP contribution in [0.3, 0.4) is 0 Å². The number of carbonyl (C=O) groups excluding carboxylic acids is 1. The van der Waals surface area contributed by atoms with Crippen LogP contribution in [-0.2, 0) is 4.79 Å². The molecular formula is C18H20N4O3. The number of para-hydroxylation sites is 2. The van der Waals surface area contributed by atoms with Gasteiger partial charge in [-0.1, -0.05) is 42.5 Å². The monoisotopic (exact) mass is 340 g/mol. The van der Waals surface area contributed by atoms with Crippen LogP contribution in [0.2, 0.25) is 0 Å². The number of hydrogen-bond donors (Lipinski definition) is 3. The third kappa shape index (κ3) is 4.40. The zero-order valence-corrected chi connectivity index (χ0v) is 13.6. The zero-order valence-electron chi connectivity index (χ0n) is 13.6. The number of carbonyl (C=O) groups is 1. The molecule has 25 heavy (non-hydrogen) atoms. The summed E-state index contributed by atoms with van der Waals surface area (Å²) in [6.07, 6.45) is 1.85. The van der Waals surface area contributed by atoms with E-state index in [1.54, 1.807) is 12.1 Å². The number of amides is 1. The van der Waals surface area contributed by atoms with Crippen LogP contribution in [0.15, 0.2) is 54.6 Å². The highest BCUT2D eigenvalue weighted by Gasteiger charge is 2.25. The van der Waals surface area contributed by atoms with Gasteiger partial charge in [0.05, 0.1) is 4.92 Å². The van der Waals surface area contributed by atoms with Crippen LogP contribution in [0.5, 0.6) is 0 Å². The van der Waals surface area contributed by atoms with Crippen molar-refractivity contribution >= 4 is 17.3 Å². The summed E-state index contributed by atoms with van der Waals surface area (Å²) in [6.45, 7) is 0. The number of nitrogens with one attached hydrogen (secondary N) is 3. The number of nitro groups is 1. The summed E-state index contributed by atoms with van der Waals surface area (Å²) >= 11 is 0. The minimum atomic E-state index is -0.498. The van der Waals surface area contributed by atoms with E-state index in [1.807, 2.05) is 18.2 Å². The Morgan fingerprint density at radius 2 is 1.84 bits per heavy atom. The summed E-state index contributed by atoms with van der Waals surface area (Å²) in [5, 5.41) is 13.6. The van der Waals surface area contributed by atoms with E-state index in [2.05, 4.69) is 28.3 Å². The SMILES string of the molecule is O=C(CCC1CC(c2ccccc2)NN1)Nc1ccccc1[N+](=O)[O-]. The topological polar surface area (TPSA) is 96.3 Å². The van der Waals surface area contributed by atoms with Crippen molar-refractivity contribution in [2.24, 2.45) is 0 Å². The first-order valence-corrected chi connectivity index (χ1v) is 8.23. The first-order chi connectivity index (χ1) is 12.1. The summed E-state index contributed by atoms with van der Waals surface area (Å²) in [7, 11) is 0. The summed E-state index contributed by atoms with van der Waals surface area (Å²) in [5.74, 6) is -0.223. The molecule has 3 rings (SSSR count). The fourth-order valence-corrected chi connectivity index (χ4v) is 2.97. The van der Waals surface area contributed by atoms with Gasteiger partial charge in [0.1, 0.15) is 5.69 Å². The molecule has 0 aliphatic carbocycles. The van der Waals surface area contributed by atoms with Gasteiger partial charge in [0.2, 0.25) is 5.91 Å². The Hall–Kier alpha value is -2.77. The molecule has 1 fully saturated rings. The quantitative estimate of drug-likeness (QED) is 0.555. The minimum absolute atomic E-state index is 0.0966. The second kappa shape index (κ2) is 7.87. The smallest absolute Gasteiger partial charge is 0.292 e. The summed E-state index contributed by atoms with van der Waals surface area (Å²) < 4.78 is 0. The average Bonchev–Trinajstić information content (AvgIpc) is 3.10. The molecule has 1 aliphatic rings. The summed E-state index contributed by atoms with van der Waals surface area (Å²) in [6, 6.07) is 16.7. The van der Waals surface area contributed by atoms with Gasteiger partial charge in [-0.05, 0) is 24.5 Å². The molecule has 130 valence electrons. The van der Waals surface area contributed by atoms with Gasteiger partial charge in [0.25, 0.3) is 5.69 Å². The highest BCUT2D eigenvalue weighted by atomic mass is 16.6. The van der Waals surface area contributed by atoms with Crippen molar-refractivity contribution in [2.45, 2.75) is 31.3 Å². The van der Waals surface area contributed by atoms with E-state index in [4.69, 9.17) is 0 Å². The molecule has 0 aromatic heterocycles. The van der Waals surface area contributed by atoms with Crippen molar-refractivity contribution < 1.29 is 9.72 Å². The van der Waals surface area contributed by atoms with Crippen LogP contribution >= 0.6 is 0 Å². The number of rotatable bonds is 6. The Morgan fingerprint density at radius 3 is 2.60 bits per heavy atom. The average molecular weight is 340 g/mol. The van der Waals surface area contributed by atoms with Crippen molar-refractivity contribution in [1.82, 2.24) is 10.9 Å². The first-order valence-electron chi connectivity index (χ1n) is 8.23. The van der Waals surface area contributed by atoms with E-state index >= 15 is 0 Å². The molecule has 2 atom stereocenters.